The summed E-state index contributed by atoms with van der Waals surface area (Å²) in [6.45, 7) is 2.33. The molecule has 1 fully saturated rings. The van der Waals surface area contributed by atoms with Crippen LogP contribution in [0.2, 0.25) is 0 Å². The lowest BCUT2D eigenvalue weighted by Crippen LogP contribution is -2.26. The number of aliphatic hydroxyl groups is 2. The first-order valence-electron chi connectivity index (χ1n) is 5.66. The smallest absolute Gasteiger partial charge is 0.0483 e. The highest BCUT2D eigenvalue weighted by Crippen LogP contribution is 2.33. The number of hydrogen-bond donors (Lipinski definition) is 2. The van der Waals surface area contributed by atoms with Crippen LogP contribution in [0.3, 0.4) is 0 Å². The van der Waals surface area contributed by atoms with E-state index in [2.05, 4.69) is 19.1 Å². The molecular formula is C12H22O2. The molecule has 0 bridgehead atoms. The van der Waals surface area contributed by atoms with Gasteiger partial charge in [-0.25, -0.2) is 0 Å². The van der Waals surface area contributed by atoms with Crippen molar-refractivity contribution in [1.82, 2.24) is 0 Å². The summed E-state index contributed by atoms with van der Waals surface area (Å²) in [5.74, 6) is 1.38. The Bertz CT molecular complexity index is 165. The molecule has 0 radical (unpaired) electrons. The summed E-state index contributed by atoms with van der Waals surface area (Å²) in [5.41, 5.74) is 0. The zero-order valence-corrected chi connectivity index (χ0v) is 9.02. The molecule has 2 N–H and O–H groups in total. The molecule has 0 aliphatic heterocycles. The average Bonchev–Trinajstić information content (AvgIpc) is 2.23. The fraction of sp³-hybridized carbons (Fsp3) is 0.833. The quantitative estimate of drug-likeness (QED) is 0.678. The summed E-state index contributed by atoms with van der Waals surface area (Å²) in [6.07, 6.45) is 9.14. The fourth-order valence-electron chi connectivity index (χ4n) is 2.44. The van der Waals surface area contributed by atoms with Gasteiger partial charge in [-0.05, 0) is 44.4 Å². The highest BCUT2D eigenvalue weighted by atomic mass is 16.3. The van der Waals surface area contributed by atoms with Crippen LogP contribution in [0.1, 0.15) is 32.6 Å². The van der Waals surface area contributed by atoms with E-state index in [1.54, 1.807) is 0 Å². The Hall–Kier alpha value is -0.340. The number of allylic oxidation sites excluding steroid dienone is 2. The largest absolute Gasteiger partial charge is 0.396 e. The van der Waals surface area contributed by atoms with Crippen molar-refractivity contribution in [3.63, 3.8) is 0 Å². The zero-order valence-electron chi connectivity index (χ0n) is 9.02. The van der Waals surface area contributed by atoms with Crippen molar-refractivity contribution in [2.45, 2.75) is 32.6 Å². The molecule has 1 aliphatic rings. The summed E-state index contributed by atoms with van der Waals surface area (Å²) in [7, 11) is 0. The minimum absolute atomic E-state index is 0.113. The van der Waals surface area contributed by atoms with Gasteiger partial charge >= 0.3 is 0 Å². The summed E-state index contributed by atoms with van der Waals surface area (Å²) < 4.78 is 0. The third-order valence-corrected chi connectivity index (χ3v) is 3.42. The van der Waals surface area contributed by atoms with Crippen molar-refractivity contribution in [3.8, 4) is 0 Å². The molecule has 1 aliphatic carbocycles. The van der Waals surface area contributed by atoms with Crippen LogP contribution in [-0.2, 0) is 0 Å². The van der Waals surface area contributed by atoms with Crippen LogP contribution in [-0.4, -0.2) is 23.4 Å². The topological polar surface area (TPSA) is 40.5 Å². The Morgan fingerprint density at radius 3 is 2.14 bits per heavy atom. The zero-order chi connectivity index (χ0) is 10.4. The van der Waals surface area contributed by atoms with Crippen molar-refractivity contribution in [2.75, 3.05) is 13.2 Å². The van der Waals surface area contributed by atoms with Crippen molar-refractivity contribution < 1.29 is 10.2 Å². The van der Waals surface area contributed by atoms with Crippen LogP contribution in [0.5, 0.6) is 0 Å². The van der Waals surface area contributed by atoms with Crippen molar-refractivity contribution >= 4 is 0 Å². The van der Waals surface area contributed by atoms with Gasteiger partial charge in [0.05, 0.1) is 0 Å². The normalized spacial score (nSPS) is 28.9. The lowest BCUT2D eigenvalue weighted by atomic mass is 9.76. The van der Waals surface area contributed by atoms with Gasteiger partial charge in [0.25, 0.3) is 0 Å². The highest BCUT2D eigenvalue weighted by molar-refractivity contribution is 4.89. The number of hydrogen-bond acceptors (Lipinski definition) is 2. The van der Waals surface area contributed by atoms with Crippen LogP contribution in [0.15, 0.2) is 12.2 Å². The molecule has 0 aromatic heterocycles. The first-order valence-corrected chi connectivity index (χ1v) is 5.66. The maximum Gasteiger partial charge on any atom is 0.0483 e. The molecule has 1 rings (SSSR count). The molecule has 0 amide bonds. The van der Waals surface area contributed by atoms with Gasteiger partial charge in [0.15, 0.2) is 0 Å². The highest BCUT2D eigenvalue weighted by Gasteiger charge is 2.25. The number of rotatable bonds is 4. The minimum Gasteiger partial charge on any atom is -0.396 e. The van der Waals surface area contributed by atoms with Crippen molar-refractivity contribution in [1.29, 1.82) is 0 Å². The Balaban J connectivity index is 2.34. The van der Waals surface area contributed by atoms with Crippen LogP contribution < -0.4 is 0 Å². The van der Waals surface area contributed by atoms with Gasteiger partial charge < -0.3 is 10.2 Å². The Kier molecular flexibility index (Phi) is 5.20. The SMILES string of the molecule is C/C=C/[C@H]1CC[C@H](C(CO)CO)CC1. The third kappa shape index (κ3) is 3.10. The summed E-state index contributed by atoms with van der Waals surface area (Å²) in [6, 6.07) is 0. The molecule has 1 saturated carbocycles. The van der Waals surface area contributed by atoms with E-state index in [9.17, 15) is 0 Å². The predicted octanol–water partition coefficient (Wildman–Crippen LogP) is 1.97. The average molecular weight is 198 g/mol. The van der Waals surface area contributed by atoms with Gasteiger partial charge in [-0.1, -0.05) is 12.2 Å². The molecule has 0 spiro atoms. The second kappa shape index (κ2) is 6.20. The van der Waals surface area contributed by atoms with Crippen LogP contribution in [0, 0.1) is 17.8 Å². The Morgan fingerprint density at radius 2 is 1.71 bits per heavy atom. The fourth-order valence-corrected chi connectivity index (χ4v) is 2.44. The van der Waals surface area contributed by atoms with Gasteiger partial charge in [0.2, 0.25) is 0 Å². The van der Waals surface area contributed by atoms with Crippen LogP contribution in [0.4, 0.5) is 0 Å². The van der Waals surface area contributed by atoms with Gasteiger partial charge in [0, 0.05) is 19.1 Å². The molecule has 2 heteroatoms. The molecule has 0 unspecified atom stereocenters. The van der Waals surface area contributed by atoms with Crippen molar-refractivity contribution in [2.24, 2.45) is 17.8 Å². The molecule has 0 aromatic rings. The minimum atomic E-state index is 0.113. The molecule has 0 saturated heterocycles. The monoisotopic (exact) mass is 198 g/mol. The predicted molar refractivity (Wildman–Crippen MR) is 57.9 cm³/mol. The second-order valence-corrected chi connectivity index (χ2v) is 4.33. The summed E-state index contributed by atoms with van der Waals surface area (Å²) >= 11 is 0. The molecule has 2 nitrogen and oxygen atoms in total. The lowest BCUT2D eigenvalue weighted by Gasteiger charge is -2.31. The maximum absolute atomic E-state index is 9.07. The molecule has 82 valence electrons. The third-order valence-electron chi connectivity index (χ3n) is 3.42. The summed E-state index contributed by atoms with van der Waals surface area (Å²) in [5, 5.41) is 18.1. The molecule has 14 heavy (non-hydrogen) atoms. The first kappa shape index (κ1) is 11.7. The van der Waals surface area contributed by atoms with Gasteiger partial charge in [-0.15, -0.1) is 0 Å². The van der Waals surface area contributed by atoms with E-state index >= 15 is 0 Å². The van der Waals surface area contributed by atoms with E-state index in [0.717, 1.165) is 18.8 Å². The van der Waals surface area contributed by atoms with E-state index in [1.807, 2.05) is 0 Å². The standard InChI is InChI=1S/C12H22O2/c1-2-3-10-4-6-11(7-5-10)12(8-13)9-14/h2-3,10-14H,4-9H2,1H3/b3-2+/t10-,11-. The van der Waals surface area contributed by atoms with Crippen LogP contribution >= 0.6 is 0 Å². The second-order valence-electron chi connectivity index (χ2n) is 4.33. The molecule has 0 heterocycles. The Morgan fingerprint density at radius 1 is 1.14 bits per heavy atom. The maximum atomic E-state index is 9.07. The van der Waals surface area contributed by atoms with E-state index < -0.39 is 0 Å². The molecule has 0 aromatic carbocycles. The number of aliphatic hydroxyl groups excluding tert-OH is 2. The van der Waals surface area contributed by atoms with Crippen molar-refractivity contribution in [3.05, 3.63) is 12.2 Å². The summed E-state index contributed by atoms with van der Waals surface area (Å²) in [4.78, 5) is 0. The van der Waals surface area contributed by atoms with Gasteiger partial charge in [-0.3, -0.25) is 0 Å². The van der Waals surface area contributed by atoms with Gasteiger partial charge in [0.1, 0.15) is 0 Å². The van der Waals surface area contributed by atoms with E-state index in [0.29, 0.717) is 5.92 Å². The molecule has 0 atom stereocenters. The van der Waals surface area contributed by atoms with Gasteiger partial charge in [-0.2, -0.15) is 0 Å². The lowest BCUT2D eigenvalue weighted by molar-refractivity contribution is 0.0833. The van der Waals surface area contributed by atoms with E-state index in [1.165, 1.54) is 12.8 Å². The van der Waals surface area contributed by atoms with Crippen LogP contribution in [0.25, 0.3) is 0 Å². The first-order chi connectivity index (χ1) is 6.81. The van der Waals surface area contributed by atoms with E-state index in [-0.39, 0.29) is 19.1 Å². The van der Waals surface area contributed by atoms with E-state index in [4.69, 9.17) is 10.2 Å². The molecular weight excluding hydrogens is 176 g/mol. The Labute approximate surface area is 86.6 Å².